The topological polar surface area (TPSA) is 21.3 Å². The van der Waals surface area contributed by atoms with Crippen molar-refractivity contribution in [3.63, 3.8) is 0 Å². The molecule has 0 spiro atoms. The molecule has 0 saturated heterocycles. The summed E-state index contributed by atoms with van der Waals surface area (Å²) in [6.45, 7) is 5.25. The smallest absolute Gasteiger partial charge is 0.0725 e. The first-order chi connectivity index (χ1) is 7.81. The summed E-state index contributed by atoms with van der Waals surface area (Å²) in [6, 6.07) is 0.480. The van der Waals surface area contributed by atoms with Crippen LogP contribution in [0, 0.1) is 5.92 Å². The van der Waals surface area contributed by atoms with E-state index in [0.29, 0.717) is 18.1 Å². The third-order valence-electron chi connectivity index (χ3n) is 3.26. The Morgan fingerprint density at radius 2 is 2.12 bits per heavy atom. The van der Waals surface area contributed by atoms with Crippen LogP contribution >= 0.6 is 0 Å². The molecule has 0 aliphatic heterocycles. The van der Waals surface area contributed by atoms with Gasteiger partial charge >= 0.3 is 0 Å². The molecule has 92 valence electrons. The molecule has 2 nitrogen and oxygen atoms in total. The van der Waals surface area contributed by atoms with Crippen LogP contribution in [0.5, 0.6) is 0 Å². The number of likely N-dealkylation sites (N-methyl/N-ethyl adjacent to an activating group) is 1. The maximum atomic E-state index is 6.03. The predicted molar refractivity (Wildman–Crippen MR) is 69.6 cm³/mol. The van der Waals surface area contributed by atoms with Gasteiger partial charge in [-0.3, -0.25) is 0 Å². The van der Waals surface area contributed by atoms with Crippen molar-refractivity contribution in [2.45, 2.75) is 45.3 Å². The van der Waals surface area contributed by atoms with E-state index in [4.69, 9.17) is 4.74 Å². The molecule has 3 atom stereocenters. The molecule has 0 radical (unpaired) electrons. The fraction of sp³-hybridized carbons (Fsp3) is 0.714. The first kappa shape index (κ1) is 13.5. The van der Waals surface area contributed by atoms with Crippen molar-refractivity contribution >= 4 is 0 Å². The van der Waals surface area contributed by atoms with Crippen molar-refractivity contribution in [2.24, 2.45) is 5.92 Å². The van der Waals surface area contributed by atoms with Crippen LogP contribution in [-0.2, 0) is 4.74 Å². The van der Waals surface area contributed by atoms with Gasteiger partial charge in [0.15, 0.2) is 0 Å². The van der Waals surface area contributed by atoms with Crippen LogP contribution in [0.4, 0.5) is 0 Å². The van der Waals surface area contributed by atoms with Gasteiger partial charge in [-0.05, 0) is 26.3 Å². The Hall–Kier alpha value is -0.600. The highest BCUT2D eigenvalue weighted by molar-refractivity contribution is 5.10. The molecule has 0 amide bonds. The summed E-state index contributed by atoms with van der Waals surface area (Å²) < 4.78 is 6.03. The number of ether oxygens (including phenoxy) is 1. The van der Waals surface area contributed by atoms with Crippen LogP contribution in [0.2, 0.25) is 0 Å². The van der Waals surface area contributed by atoms with Gasteiger partial charge in [-0.2, -0.15) is 0 Å². The van der Waals surface area contributed by atoms with Gasteiger partial charge in [-0.15, -0.1) is 0 Å². The van der Waals surface area contributed by atoms with Crippen molar-refractivity contribution in [1.29, 1.82) is 0 Å². The zero-order chi connectivity index (χ0) is 11.8. The summed E-state index contributed by atoms with van der Waals surface area (Å²) in [5, 5.41) is 3.33. The second-order valence-corrected chi connectivity index (χ2v) is 4.39. The molecule has 1 N–H and O–H groups in total. The van der Waals surface area contributed by atoms with Gasteiger partial charge in [0.05, 0.1) is 12.7 Å². The maximum Gasteiger partial charge on any atom is 0.0725 e. The van der Waals surface area contributed by atoms with Crippen molar-refractivity contribution in [2.75, 3.05) is 13.7 Å². The fourth-order valence-electron chi connectivity index (χ4n) is 2.17. The summed E-state index contributed by atoms with van der Waals surface area (Å²) >= 11 is 0. The van der Waals surface area contributed by atoms with Gasteiger partial charge in [0, 0.05) is 12.0 Å². The summed E-state index contributed by atoms with van der Waals surface area (Å²) in [4.78, 5) is 0. The van der Waals surface area contributed by atoms with E-state index in [1.165, 1.54) is 0 Å². The van der Waals surface area contributed by atoms with Crippen molar-refractivity contribution in [1.82, 2.24) is 5.32 Å². The van der Waals surface area contributed by atoms with Crippen LogP contribution in [0.3, 0.4) is 0 Å². The van der Waals surface area contributed by atoms with Gasteiger partial charge < -0.3 is 10.1 Å². The van der Waals surface area contributed by atoms with Gasteiger partial charge in [-0.25, -0.2) is 0 Å². The first-order valence-corrected chi connectivity index (χ1v) is 6.44. The van der Waals surface area contributed by atoms with E-state index in [9.17, 15) is 0 Å². The average Bonchev–Trinajstić information content (AvgIpc) is 2.35. The first-order valence-electron chi connectivity index (χ1n) is 6.44. The second-order valence-electron chi connectivity index (χ2n) is 4.39. The number of rotatable bonds is 7. The lowest BCUT2D eigenvalue weighted by atomic mass is 10.0. The third-order valence-corrected chi connectivity index (χ3v) is 3.26. The quantitative estimate of drug-likeness (QED) is 0.716. The highest BCUT2D eigenvalue weighted by atomic mass is 16.5. The molecule has 0 heterocycles. The van der Waals surface area contributed by atoms with Gasteiger partial charge in [0.2, 0.25) is 0 Å². The van der Waals surface area contributed by atoms with E-state index in [0.717, 1.165) is 25.9 Å². The summed E-state index contributed by atoms with van der Waals surface area (Å²) in [5.41, 5.74) is 0. The highest BCUT2D eigenvalue weighted by Crippen LogP contribution is 2.15. The number of allylic oxidation sites excluding steroid dienone is 3. The molecule has 0 aromatic rings. The molecule has 1 rings (SSSR count). The normalized spacial score (nSPS) is 23.3. The molecule has 2 unspecified atom stereocenters. The molecule has 0 saturated carbocycles. The lowest BCUT2D eigenvalue weighted by molar-refractivity contribution is 0.0120. The van der Waals surface area contributed by atoms with E-state index in [1.807, 2.05) is 7.05 Å². The molecule has 2 heteroatoms. The maximum absolute atomic E-state index is 6.03. The zero-order valence-electron chi connectivity index (χ0n) is 10.8. The number of hydrogen-bond acceptors (Lipinski definition) is 2. The van der Waals surface area contributed by atoms with Crippen LogP contribution in [0.25, 0.3) is 0 Å². The molecule has 0 aromatic carbocycles. The van der Waals surface area contributed by atoms with E-state index < -0.39 is 0 Å². The minimum atomic E-state index is 0.342. The van der Waals surface area contributed by atoms with Crippen LogP contribution in [0.15, 0.2) is 24.3 Å². The van der Waals surface area contributed by atoms with E-state index in [-0.39, 0.29) is 0 Å². The Balaban J connectivity index is 2.33. The molecule has 16 heavy (non-hydrogen) atoms. The van der Waals surface area contributed by atoms with Gasteiger partial charge in [0.1, 0.15) is 0 Å². The van der Waals surface area contributed by atoms with Gasteiger partial charge in [-0.1, -0.05) is 38.2 Å². The Kier molecular flexibility index (Phi) is 6.43. The molecular weight excluding hydrogens is 198 g/mol. The predicted octanol–water partition coefficient (Wildman–Crippen LogP) is 2.91. The molecule has 1 aliphatic rings. The monoisotopic (exact) mass is 223 g/mol. The highest BCUT2D eigenvalue weighted by Gasteiger charge is 2.18. The summed E-state index contributed by atoms with van der Waals surface area (Å²) in [5.74, 6) is 0.563. The van der Waals surface area contributed by atoms with E-state index >= 15 is 0 Å². The second kappa shape index (κ2) is 7.64. The van der Waals surface area contributed by atoms with Crippen molar-refractivity contribution < 1.29 is 4.74 Å². The average molecular weight is 223 g/mol. The minimum Gasteiger partial charge on any atom is -0.376 e. The SMILES string of the molecule is CCC(OCC1C=CC=CC1)[C@H](CC)NC. The summed E-state index contributed by atoms with van der Waals surface area (Å²) in [6.07, 6.45) is 12.3. The minimum absolute atomic E-state index is 0.342. The third kappa shape index (κ3) is 4.11. The lowest BCUT2D eigenvalue weighted by Crippen LogP contribution is -2.39. The number of nitrogens with one attached hydrogen (secondary N) is 1. The van der Waals surface area contributed by atoms with E-state index in [1.54, 1.807) is 0 Å². The van der Waals surface area contributed by atoms with Crippen molar-refractivity contribution in [3.8, 4) is 0 Å². The molecule has 0 fully saturated rings. The van der Waals surface area contributed by atoms with Crippen LogP contribution in [-0.4, -0.2) is 25.8 Å². The zero-order valence-corrected chi connectivity index (χ0v) is 10.8. The van der Waals surface area contributed by atoms with Crippen molar-refractivity contribution in [3.05, 3.63) is 24.3 Å². The Bertz CT molecular complexity index is 231. The molecule has 0 bridgehead atoms. The molecule has 0 aromatic heterocycles. The molecular formula is C14H25NO. The summed E-state index contributed by atoms with van der Waals surface area (Å²) in [7, 11) is 2.02. The standard InChI is InChI=1S/C14H25NO/c1-4-13(15-3)14(5-2)16-11-12-9-7-6-8-10-12/h6-9,12-15H,4-5,10-11H2,1-3H3/t12?,13-,14?/m0/s1. The fourth-order valence-corrected chi connectivity index (χ4v) is 2.17. The largest absolute Gasteiger partial charge is 0.376 e. The molecule has 1 aliphatic carbocycles. The number of hydrogen-bond donors (Lipinski definition) is 1. The Labute approximate surface area is 99.8 Å². The Morgan fingerprint density at radius 1 is 1.31 bits per heavy atom. The Morgan fingerprint density at radius 3 is 2.62 bits per heavy atom. The van der Waals surface area contributed by atoms with Crippen LogP contribution in [0.1, 0.15) is 33.1 Å². The van der Waals surface area contributed by atoms with E-state index in [2.05, 4.69) is 43.5 Å². The van der Waals surface area contributed by atoms with Crippen LogP contribution < -0.4 is 5.32 Å². The van der Waals surface area contributed by atoms with Gasteiger partial charge in [0.25, 0.3) is 0 Å². The lowest BCUT2D eigenvalue weighted by Gasteiger charge is -2.26.